The Morgan fingerprint density at radius 1 is 1.38 bits per heavy atom. The number of ether oxygens (including phenoxy) is 1. The third-order valence-electron chi connectivity index (χ3n) is 3.59. The molecule has 0 bridgehead atoms. The highest BCUT2D eigenvalue weighted by Gasteiger charge is 2.22. The van der Waals surface area contributed by atoms with Crippen LogP contribution in [0.1, 0.15) is 17.5 Å². The Morgan fingerprint density at radius 3 is 2.67 bits per heavy atom. The molecule has 3 N–H and O–H groups in total. The van der Waals surface area contributed by atoms with Crippen molar-refractivity contribution in [1.82, 2.24) is 5.32 Å². The highest BCUT2D eigenvalue weighted by Crippen LogP contribution is 2.12. The van der Waals surface area contributed by atoms with Crippen LogP contribution in [-0.2, 0) is 20.7 Å². The summed E-state index contributed by atoms with van der Waals surface area (Å²) >= 11 is 1.65. The van der Waals surface area contributed by atoms with Crippen LogP contribution in [0.4, 0.5) is 0 Å². The minimum atomic E-state index is -0.542. The minimum absolute atomic E-state index is 0. The standard InChI is InChI=1S/C17H26N2O3S.ClH/c1-12-5-4-6-13(9-12)10-14(17(21)22-2)11-19-16(20)15(18)7-8-23-3;/h4-6,9,14-15H,7-8,10-11,18H2,1-3H3,(H,19,20);1H/t14?,15-;/m0./s1. The molecule has 0 saturated carbocycles. The number of nitrogens with one attached hydrogen (secondary N) is 1. The van der Waals surface area contributed by atoms with Gasteiger partial charge in [0.2, 0.25) is 5.91 Å². The SMILES string of the molecule is COC(=O)C(CNC(=O)[C@@H](N)CCSC)Cc1cccc(C)c1.Cl. The van der Waals surface area contributed by atoms with Crippen molar-refractivity contribution in [1.29, 1.82) is 0 Å². The second-order valence-corrected chi connectivity index (χ2v) is 6.53. The van der Waals surface area contributed by atoms with E-state index in [2.05, 4.69) is 5.32 Å². The Kier molecular flexibility index (Phi) is 11.5. The predicted molar refractivity (Wildman–Crippen MR) is 102 cm³/mol. The zero-order chi connectivity index (χ0) is 17.2. The number of carbonyl (C=O) groups excluding carboxylic acids is 2. The van der Waals surface area contributed by atoms with E-state index in [4.69, 9.17) is 10.5 Å². The number of nitrogens with two attached hydrogens (primary N) is 1. The minimum Gasteiger partial charge on any atom is -0.469 e. The van der Waals surface area contributed by atoms with Crippen molar-refractivity contribution in [3.05, 3.63) is 35.4 Å². The fourth-order valence-electron chi connectivity index (χ4n) is 2.26. The van der Waals surface area contributed by atoms with E-state index >= 15 is 0 Å². The van der Waals surface area contributed by atoms with Crippen LogP contribution in [0.3, 0.4) is 0 Å². The maximum absolute atomic E-state index is 12.0. The molecule has 7 heteroatoms. The Morgan fingerprint density at radius 2 is 2.08 bits per heavy atom. The van der Waals surface area contributed by atoms with Gasteiger partial charge < -0.3 is 15.8 Å². The molecule has 1 aromatic carbocycles. The van der Waals surface area contributed by atoms with Crippen LogP contribution < -0.4 is 11.1 Å². The molecular formula is C17H27ClN2O3S. The van der Waals surface area contributed by atoms with Crippen LogP contribution in [0, 0.1) is 12.8 Å². The van der Waals surface area contributed by atoms with Crippen molar-refractivity contribution in [3.63, 3.8) is 0 Å². The number of hydrogen-bond donors (Lipinski definition) is 2. The van der Waals surface area contributed by atoms with Crippen LogP contribution in [0.5, 0.6) is 0 Å². The number of carbonyl (C=O) groups is 2. The van der Waals surface area contributed by atoms with E-state index in [1.165, 1.54) is 7.11 Å². The normalized spacial score (nSPS) is 12.7. The number of thioether (sulfide) groups is 1. The van der Waals surface area contributed by atoms with Gasteiger partial charge in [-0.3, -0.25) is 9.59 Å². The molecule has 1 rings (SSSR count). The summed E-state index contributed by atoms with van der Waals surface area (Å²) in [7, 11) is 1.36. The van der Waals surface area contributed by atoms with Gasteiger partial charge in [-0.05, 0) is 37.3 Å². The molecule has 5 nitrogen and oxygen atoms in total. The van der Waals surface area contributed by atoms with Gasteiger partial charge in [0.15, 0.2) is 0 Å². The number of hydrogen-bond acceptors (Lipinski definition) is 5. The van der Waals surface area contributed by atoms with Crippen LogP contribution in [0.15, 0.2) is 24.3 Å². The van der Waals surface area contributed by atoms with E-state index in [1.54, 1.807) is 11.8 Å². The summed E-state index contributed by atoms with van der Waals surface area (Å²) in [6.45, 7) is 2.23. The van der Waals surface area contributed by atoms with Gasteiger partial charge in [0.1, 0.15) is 0 Å². The Bertz CT molecular complexity index is 528. The van der Waals surface area contributed by atoms with Gasteiger partial charge in [0.25, 0.3) is 0 Å². The molecule has 0 aliphatic carbocycles. The van der Waals surface area contributed by atoms with Crippen LogP contribution >= 0.6 is 24.2 Å². The molecule has 0 spiro atoms. The van der Waals surface area contributed by atoms with Gasteiger partial charge in [-0.2, -0.15) is 11.8 Å². The average Bonchev–Trinajstić information content (AvgIpc) is 2.55. The Labute approximate surface area is 154 Å². The fraction of sp³-hybridized carbons (Fsp3) is 0.529. The summed E-state index contributed by atoms with van der Waals surface area (Å²) in [5.41, 5.74) is 8.01. The molecule has 1 unspecified atom stereocenters. The molecule has 24 heavy (non-hydrogen) atoms. The lowest BCUT2D eigenvalue weighted by atomic mass is 9.98. The van der Waals surface area contributed by atoms with Crippen LogP contribution in [-0.4, -0.2) is 43.6 Å². The van der Waals surface area contributed by atoms with E-state index in [1.807, 2.05) is 37.4 Å². The molecule has 1 aromatic rings. The van der Waals surface area contributed by atoms with Gasteiger partial charge in [-0.1, -0.05) is 29.8 Å². The number of amides is 1. The number of aryl methyl sites for hydroxylation is 1. The number of rotatable bonds is 9. The zero-order valence-electron chi connectivity index (χ0n) is 14.4. The molecule has 2 atom stereocenters. The monoisotopic (exact) mass is 374 g/mol. The quantitative estimate of drug-likeness (QED) is 0.645. The van der Waals surface area contributed by atoms with E-state index in [0.29, 0.717) is 12.8 Å². The predicted octanol–water partition coefficient (Wildman–Crippen LogP) is 1.95. The summed E-state index contributed by atoms with van der Waals surface area (Å²) < 4.78 is 4.85. The molecule has 0 saturated heterocycles. The topological polar surface area (TPSA) is 81.4 Å². The van der Waals surface area contributed by atoms with E-state index in [0.717, 1.165) is 16.9 Å². The first-order valence-corrected chi connectivity index (χ1v) is 9.03. The molecule has 0 radical (unpaired) electrons. The highest BCUT2D eigenvalue weighted by atomic mass is 35.5. The summed E-state index contributed by atoms with van der Waals surface area (Å²) in [5, 5.41) is 2.77. The van der Waals surface area contributed by atoms with Crippen LogP contribution in [0.25, 0.3) is 0 Å². The maximum Gasteiger partial charge on any atom is 0.310 e. The van der Waals surface area contributed by atoms with Crippen LogP contribution in [0.2, 0.25) is 0 Å². The number of esters is 1. The number of halogens is 1. The smallest absolute Gasteiger partial charge is 0.310 e. The first-order chi connectivity index (χ1) is 11.0. The second kappa shape index (κ2) is 12.2. The third kappa shape index (κ3) is 8.04. The fourth-order valence-corrected chi connectivity index (χ4v) is 2.75. The first kappa shape index (κ1) is 22.8. The summed E-state index contributed by atoms with van der Waals surface area (Å²) in [6, 6.07) is 7.41. The maximum atomic E-state index is 12.0. The van der Waals surface area contributed by atoms with E-state index in [-0.39, 0.29) is 30.8 Å². The number of methoxy groups -OCH3 is 1. The largest absolute Gasteiger partial charge is 0.469 e. The van der Waals surface area contributed by atoms with Crippen molar-refractivity contribution in [2.45, 2.75) is 25.8 Å². The van der Waals surface area contributed by atoms with Gasteiger partial charge >= 0.3 is 5.97 Å². The summed E-state index contributed by atoms with van der Waals surface area (Å²) in [5.74, 6) is -0.140. The molecular weight excluding hydrogens is 348 g/mol. The molecule has 0 aliphatic rings. The van der Waals surface area contributed by atoms with Crippen molar-refractivity contribution >= 4 is 36.0 Å². The lowest BCUT2D eigenvalue weighted by Gasteiger charge is -2.17. The van der Waals surface area contributed by atoms with Gasteiger partial charge in [0, 0.05) is 6.54 Å². The molecule has 0 fully saturated rings. The summed E-state index contributed by atoms with van der Waals surface area (Å²) in [4.78, 5) is 23.9. The molecule has 0 heterocycles. The average molecular weight is 375 g/mol. The van der Waals surface area contributed by atoms with E-state index in [9.17, 15) is 9.59 Å². The van der Waals surface area contributed by atoms with Crippen molar-refractivity contribution < 1.29 is 14.3 Å². The van der Waals surface area contributed by atoms with Gasteiger partial charge in [-0.15, -0.1) is 12.4 Å². The lowest BCUT2D eigenvalue weighted by Crippen LogP contribution is -2.44. The zero-order valence-corrected chi connectivity index (χ0v) is 16.0. The number of benzene rings is 1. The first-order valence-electron chi connectivity index (χ1n) is 7.63. The molecule has 136 valence electrons. The molecule has 1 amide bonds. The van der Waals surface area contributed by atoms with E-state index < -0.39 is 12.0 Å². The second-order valence-electron chi connectivity index (χ2n) is 5.55. The third-order valence-corrected chi connectivity index (χ3v) is 4.24. The highest BCUT2D eigenvalue weighted by molar-refractivity contribution is 7.98. The molecule has 0 aromatic heterocycles. The van der Waals surface area contributed by atoms with Gasteiger partial charge in [-0.25, -0.2) is 0 Å². The van der Waals surface area contributed by atoms with Gasteiger partial charge in [0.05, 0.1) is 19.1 Å². The van der Waals surface area contributed by atoms with Crippen molar-refractivity contribution in [2.75, 3.05) is 25.7 Å². The van der Waals surface area contributed by atoms with Crippen molar-refractivity contribution in [2.24, 2.45) is 11.7 Å². The molecule has 0 aliphatic heterocycles. The Balaban J connectivity index is 0.00000529. The van der Waals surface area contributed by atoms with Crippen molar-refractivity contribution in [3.8, 4) is 0 Å². The Hall–Kier alpha value is -1.24. The summed E-state index contributed by atoms with van der Waals surface area (Å²) in [6.07, 6.45) is 3.11. The lowest BCUT2D eigenvalue weighted by molar-refractivity contribution is -0.145.